The van der Waals surface area contributed by atoms with Crippen LogP contribution in [0.15, 0.2) is 94.8 Å². The van der Waals surface area contributed by atoms with Gasteiger partial charge in [-0.3, -0.25) is 4.79 Å². The number of hydrogen-bond acceptors (Lipinski definition) is 4. The maximum atomic E-state index is 12.7. The van der Waals surface area contributed by atoms with Crippen molar-refractivity contribution in [2.45, 2.75) is 20.8 Å². The Balaban J connectivity index is 1.37. The normalized spacial score (nSPS) is 15.5. The van der Waals surface area contributed by atoms with Crippen molar-refractivity contribution >= 4 is 34.6 Å². The van der Waals surface area contributed by atoms with Crippen LogP contribution in [0.5, 0.6) is 5.75 Å². The minimum Gasteiger partial charge on any atom is -0.494 e. The molecule has 0 atom stereocenters. The number of carbonyl (C=O) groups is 1. The van der Waals surface area contributed by atoms with Gasteiger partial charge in [0.25, 0.3) is 5.91 Å². The summed E-state index contributed by atoms with van der Waals surface area (Å²) in [5.74, 6) is 0.664. The van der Waals surface area contributed by atoms with Crippen LogP contribution in [0.1, 0.15) is 23.9 Å². The molecule has 0 radical (unpaired) electrons. The maximum absolute atomic E-state index is 12.7. The Labute approximate surface area is 215 Å². The highest BCUT2D eigenvalue weighted by Crippen LogP contribution is 2.31. The van der Waals surface area contributed by atoms with Crippen molar-refractivity contribution in [3.8, 4) is 22.6 Å². The summed E-state index contributed by atoms with van der Waals surface area (Å²) in [5, 5.41) is 3.44. The number of carbonyl (C=O) groups excluding carboxylic acids is 1. The van der Waals surface area contributed by atoms with Gasteiger partial charge in [-0.05, 0) is 97.8 Å². The van der Waals surface area contributed by atoms with Crippen LogP contribution in [-0.4, -0.2) is 22.2 Å². The molecule has 3 aromatic carbocycles. The van der Waals surface area contributed by atoms with E-state index >= 15 is 0 Å². The van der Waals surface area contributed by atoms with Crippen molar-refractivity contribution in [3.05, 3.63) is 107 Å². The van der Waals surface area contributed by atoms with Gasteiger partial charge in [-0.2, -0.15) is 0 Å². The van der Waals surface area contributed by atoms with E-state index in [0.717, 1.165) is 34.1 Å². The number of benzene rings is 3. The third kappa shape index (κ3) is 4.99. The molecule has 0 spiro atoms. The number of ether oxygens (including phenoxy) is 1. The lowest BCUT2D eigenvalue weighted by Gasteiger charge is -2.11. The third-order valence-electron chi connectivity index (χ3n) is 6.02. The molecule has 1 N–H and O–H groups in total. The Bertz CT molecular complexity index is 1450. The number of amides is 1. The number of amidine groups is 1. The lowest BCUT2D eigenvalue weighted by atomic mass is 10.1. The van der Waals surface area contributed by atoms with Crippen molar-refractivity contribution < 1.29 is 9.53 Å². The average Bonchev–Trinajstić information content (AvgIpc) is 3.38. The minimum absolute atomic E-state index is 0.137. The van der Waals surface area contributed by atoms with E-state index in [1.54, 1.807) is 0 Å². The molecule has 1 aliphatic heterocycles. The highest BCUT2D eigenvalue weighted by atomic mass is 32.2. The van der Waals surface area contributed by atoms with Gasteiger partial charge in [-0.15, -0.1) is 0 Å². The van der Waals surface area contributed by atoms with Crippen LogP contribution in [0.3, 0.4) is 0 Å². The number of thioether (sulfide) groups is 1. The molecule has 5 nitrogen and oxygen atoms in total. The summed E-state index contributed by atoms with van der Waals surface area (Å²) >= 11 is 1.35. The Morgan fingerprint density at radius 1 is 0.944 bits per heavy atom. The van der Waals surface area contributed by atoms with E-state index < -0.39 is 0 Å². The average molecular weight is 494 g/mol. The summed E-state index contributed by atoms with van der Waals surface area (Å²) in [6.07, 6.45) is 1.94. The molecule has 1 saturated heterocycles. The molecule has 4 aromatic rings. The second-order valence-corrected chi connectivity index (χ2v) is 9.51. The van der Waals surface area contributed by atoms with Gasteiger partial charge in [0.1, 0.15) is 5.75 Å². The molecule has 1 aromatic heterocycles. The number of hydrogen-bond donors (Lipinski definition) is 1. The monoisotopic (exact) mass is 493 g/mol. The number of nitrogens with one attached hydrogen (secondary N) is 1. The summed E-state index contributed by atoms with van der Waals surface area (Å²) < 4.78 is 7.69. The van der Waals surface area contributed by atoms with Crippen molar-refractivity contribution in [3.63, 3.8) is 0 Å². The van der Waals surface area contributed by atoms with E-state index in [4.69, 9.17) is 4.74 Å². The zero-order valence-electron chi connectivity index (χ0n) is 20.5. The topological polar surface area (TPSA) is 55.6 Å². The number of aliphatic imine (C=N–C) groups is 1. The molecule has 1 aliphatic rings. The number of aromatic nitrogens is 1. The zero-order chi connectivity index (χ0) is 25.1. The highest BCUT2D eigenvalue weighted by molar-refractivity contribution is 8.18. The second-order valence-electron chi connectivity index (χ2n) is 8.48. The van der Waals surface area contributed by atoms with Crippen LogP contribution in [0.4, 0.5) is 5.69 Å². The summed E-state index contributed by atoms with van der Waals surface area (Å²) in [7, 11) is 0. The van der Waals surface area contributed by atoms with Gasteiger partial charge in [0.05, 0.1) is 17.2 Å². The van der Waals surface area contributed by atoms with Gasteiger partial charge >= 0.3 is 0 Å². The van der Waals surface area contributed by atoms with Crippen LogP contribution < -0.4 is 10.1 Å². The lowest BCUT2D eigenvalue weighted by Crippen LogP contribution is -2.19. The van der Waals surface area contributed by atoms with Gasteiger partial charge in [-0.25, -0.2) is 4.99 Å². The Hall–Kier alpha value is -4.03. The molecule has 1 amide bonds. The zero-order valence-corrected chi connectivity index (χ0v) is 21.3. The molecule has 0 saturated carbocycles. The van der Waals surface area contributed by atoms with E-state index in [2.05, 4.69) is 83.3 Å². The molecule has 1 fully saturated rings. The van der Waals surface area contributed by atoms with Gasteiger partial charge < -0.3 is 14.6 Å². The molecule has 6 heteroatoms. The van der Waals surface area contributed by atoms with Crippen LogP contribution in [0.25, 0.3) is 22.9 Å². The first-order valence-electron chi connectivity index (χ1n) is 11.9. The highest BCUT2D eigenvalue weighted by Gasteiger charge is 2.24. The standard InChI is InChI=1S/C30H27N3O2S/c1-4-35-27-16-12-25(13-17-27)31-30-32-29(34)28(36-30)19-24-18-20(2)33(21(24)3)26-14-10-23(11-15-26)22-8-6-5-7-9-22/h5-19H,4H2,1-3H3,(H,31,32,34)/b28-19+. The van der Waals surface area contributed by atoms with E-state index in [1.807, 2.05) is 43.3 Å². The fourth-order valence-corrected chi connectivity index (χ4v) is 5.12. The van der Waals surface area contributed by atoms with E-state index in [0.29, 0.717) is 16.7 Å². The minimum atomic E-state index is -0.137. The fraction of sp³-hybridized carbons (Fsp3) is 0.133. The second kappa shape index (κ2) is 10.3. The molecule has 2 heterocycles. The Morgan fingerprint density at radius 3 is 2.33 bits per heavy atom. The van der Waals surface area contributed by atoms with Crippen LogP contribution in [-0.2, 0) is 4.79 Å². The van der Waals surface area contributed by atoms with Crippen LogP contribution in [0, 0.1) is 13.8 Å². The molecule has 0 aliphatic carbocycles. The van der Waals surface area contributed by atoms with Crippen molar-refractivity contribution in [2.75, 3.05) is 6.61 Å². The summed E-state index contributed by atoms with van der Waals surface area (Å²) in [6, 6.07) is 28.5. The Kier molecular flexibility index (Phi) is 6.78. The summed E-state index contributed by atoms with van der Waals surface area (Å²) in [6.45, 7) is 6.73. The molecule has 0 bridgehead atoms. The van der Waals surface area contributed by atoms with Crippen LogP contribution >= 0.6 is 11.8 Å². The predicted molar refractivity (Wildman–Crippen MR) is 149 cm³/mol. The largest absolute Gasteiger partial charge is 0.494 e. The quantitative estimate of drug-likeness (QED) is 0.293. The summed E-state index contributed by atoms with van der Waals surface area (Å²) in [4.78, 5) is 17.9. The van der Waals surface area contributed by atoms with Crippen molar-refractivity contribution in [2.24, 2.45) is 4.99 Å². The van der Waals surface area contributed by atoms with Crippen molar-refractivity contribution in [1.29, 1.82) is 0 Å². The molecule has 0 unspecified atom stereocenters. The summed E-state index contributed by atoms with van der Waals surface area (Å²) in [5.41, 5.74) is 7.44. The van der Waals surface area contributed by atoms with E-state index in [1.165, 1.54) is 22.9 Å². The molecule has 180 valence electrons. The van der Waals surface area contributed by atoms with Gasteiger partial charge in [0.15, 0.2) is 5.17 Å². The van der Waals surface area contributed by atoms with E-state index in [9.17, 15) is 4.79 Å². The Morgan fingerprint density at radius 2 is 1.64 bits per heavy atom. The first kappa shape index (κ1) is 23.7. The maximum Gasteiger partial charge on any atom is 0.264 e. The predicted octanol–water partition coefficient (Wildman–Crippen LogP) is 7.05. The number of rotatable bonds is 6. The third-order valence-corrected chi connectivity index (χ3v) is 6.93. The fourth-order valence-electron chi connectivity index (χ4n) is 4.29. The number of nitrogens with zero attached hydrogens (tertiary/aromatic N) is 2. The molecule has 36 heavy (non-hydrogen) atoms. The smallest absolute Gasteiger partial charge is 0.264 e. The van der Waals surface area contributed by atoms with E-state index in [-0.39, 0.29) is 5.91 Å². The van der Waals surface area contributed by atoms with Gasteiger partial charge in [0.2, 0.25) is 0 Å². The first-order chi connectivity index (χ1) is 17.5. The lowest BCUT2D eigenvalue weighted by molar-refractivity contribution is -0.115. The van der Waals surface area contributed by atoms with Gasteiger partial charge in [0, 0.05) is 17.1 Å². The molecular weight excluding hydrogens is 466 g/mol. The van der Waals surface area contributed by atoms with Gasteiger partial charge in [-0.1, -0.05) is 42.5 Å². The SMILES string of the molecule is CCOc1ccc(N=C2NC(=O)/C(=C\c3cc(C)n(-c4ccc(-c5ccccc5)cc4)c3C)S2)cc1. The van der Waals surface area contributed by atoms with Crippen LogP contribution in [0.2, 0.25) is 0 Å². The number of aryl methyl sites for hydroxylation is 1. The molecule has 5 rings (SSSR count). The van der Waals surface area contributed by atoms with Crippen molar-refractivity contribution in [1.82, 2.24) is 9.88 Å². The molecular formula is C30H27N3O2S. The first-order valence-corrected chi connectivity index (χ1v) is 12.7.